The molecule has 1 amide bonds. The van der Waals surface area contributed by atoms with E-state index >= 15 is 0 Å². The van der Waals surface area contributed by atoms with E-state index in [0.717, 1.165) is 38.8 Å². The van der Waals surface area contributed by atoms with Crippen LogP contribution in [0.3, 0.4) is 0 Å². The van der Waals surface area contributed by atoms with Gasteiger partial charge in [0.15, 0.2) is 0 Å². The third kappa shape index (κ3) is 4.63. The molecule has 3 aromatic carbocycles. The summed E-state index contributed by atoms with van der Waals surface area (Å²) in [5.41, 5.74) is 6.87. The summed E-state index contributed by atoms with van der Waals surface area (Å²) in [7, 11) is 1.61. The van der Waals surface area contributed by atoms with Crippen LogP contribution in [0, 0.1) is 13.8 Å². The number of fused-ring (bicyclic) bond motifs is 1. The van der Waals surface area contributed by atoms with Crippen LogP contribution < -0.4 is 10.1 Å². The van der Waals surface area contributed by atoms with Gasteiger partial charge in [0.1, 0.15) is 11.3 Å². The number of benzene rings is 3. The number of amides is 1. The van der Waals surface area contributed by atoms with E-state index in [2.05, 4.69) is 36.5 Å². The lowest BCUT2D eigenvalue weighted by Crippen LogP contribution is -2.09. The Morgan fingerprint density at radius 2 is 1.79 bits per heavy atom. The molecule has 0 spiro atoms. The Kier molecular flexibility index (Phi) is 6.50. The first-order chi connectivity index (χ1) is 15.8. The van der Waals surface area contributed by atoms with Gasteiger partial charge < -0.3 is 14.5 Å². The molecule has 0 aliphatic rings. The van der Waals surface area contributed by atoms with Crippen LogP contribution in [0.25, 0.3) is 27.7 Å². The summed E-state index contributed by atoms with van der Waals surface area (Å²) in [4.78, 5) is 12.7. The fourth-order valence-corrected chi connectivity index (χ4v) is 4.20. The average molecular weight is 480 g/mol. The molecule has 6 heteroatoms. The maximum atomic E-state index is 12.7. The second-order valence-electron chi connectivity index (χ2n) is 7.92. The zero-order valence-corrected chi connectivity index (χ0v) is 20.3. The number of hydrogen-bond acceptors (Lipinski definition) is 3. The van der Waals surface area contributed by atoms with Crippen molar-refractivity contribution >= 4 is 51.3 Å². The third-order valence-corrected chi connectivity index (χ3v) is 6.13. The van der Waals surface area contributed by atoms with Crippen LogP contribution in [0.2, 0.25) is 10.0 Å². The number of carbonyl (C=O) groups excluding carboxylic acids is 1. The summed E-state index contributed by atoms with van der Waals surface area (Å²) < 4.78 is 11.6. The van der Waals surface area contributed by atoms with Crippen molar-refractivity contribution < 1.29 is 13.9 Å². The molecule has 4 aromatic rings. The molecule has 4 nitrogen and oxygen atoms in total. The van der Waals surface area contributed by atoms with Crippen LogP contribution in [-0.4, -0.2) is 13.0 Å². The number of rotatable bonds is 5. The van der Waals surface area contributed by atoms with Crippen molar-refractivity contribution in [3.05, 3.63) is 87.6 Å². The second-order valence-corrected chi connectivity index (χ2v) is 8.76. The number of furan rings is 1. The number of halogens is 2. The van der Waals surface area contributed by atoms with Gasteiger partial charge in [0.25, 0.3) is 0 Å². The van der Waals surface area contributed by atoms with Gasteiger partial charge in [0.05, 0.1) is 24.1 Å². The highest BCUT2D eigenvalue weighted by Gasteiger charge is 2.19. The van der Waals surface area contributed by atoms with E-state index in [0.29, 0.717) is 21.5 Å². The van der Waals surface area contributed by atoms with E-state index in [4.69, 9.17) is 32.4 Å². The molecular weight excluding hydrogens is 457 g/mol. The van der Waals surface area contributed by atoms with Crippen LogP contribution in [0.4, 0.5) is 5.69 Å². The summed E-state index contributed by atoms with van der Waals surface area (Å²) in [6.45, 7) is 5.88. The summed E-state index contributed by atoms with van der Waals surface area (Å²) >= 11 is 12.2. The number of nitrogens with one attached hydrogen (secondary N) is 1. The molecule has 33 heavy (non-hydrogen) atoms. The fraction of sp³-hybridized carbons (Fsp3) is 0.148. The van der Waals surface area contributed by atoms with Crippen molar-refractivity contribution in [3.63, 3.8) is 0 Å². The number of methoxy groups -OCH3 is 1. The van der Waals surface area contributed by atoms with Crippen molar-refractivity contribution in [2.24, 2.45) is 0 Å². The van der Waals surface area contributed by atoms with Crippen LogP contribution >= 0.6 is 23.2 Å². The highest BCUT2D eigenvalue weighted by atomic mass is 35.5. The lowest BCUT2D eigenvalue weighted by atomic mass is 9.96. The topological polar surface area (TPSA) is 51.5 Å². The van der Waals surface area contributed by atoms with Crippen LogP contribution in [-0.2, 0) is 4.79 Å². The van der Waals surface area contributed by atoms with Gasteiger partial charge in [-0.3, -0.25) is 4.79 Å². The minimum absolute atomic E-state index is 0.317. The van der Waals surface area contributed by atoms with Crippen LogP contribution in [0.5, 0.6) is 5.75 Å². The first-order valence-electron chi connectivity index (χ1n) is 10.4. The normalized spacial score (nSPS) is 11.6. The maximum absolute atomic E-state index is 12.7. The molecule has 0 aliphatic carbocycles. The van der Waals surface area contributed by atoms with Crippen molar-refractivity contribution in [2.45, 2.75) is 20.8 Å². The Morgan fingerprint density at radius 1 is 1.06 bits per heavy atom. The highest BCUT2D eigenvalue weighted by Crippen LogP contribution is 2.40. The number of allylic oxidation sites excluding steroid dienone is 1. The summed E-state index contributed by atoms with van der Waals surface area (Å²) in [6.07, 6.45) is 3.28. The minimum Gasteiger partial charge on any atom is -0.496 e. The lowest BCUT2D eigenvalue weighted by molar-refractivity contribution is -0.111. The quantitative estimate of drug-likeness (QED) is 0.294. The molecule has 0 saturated heterocycles. The molecule has 0 radical (unpaired) electrons. The Balaban J connectivity index is 1.76. The van der Waals surface area contributed by atoms with Crippen molar-refractivity contribution in [1.29, 1.82) is 0 Å². The van der Waals surface area contributed by atoms with Crippen LogP contribution in [0.1, 0.15) is 23.6 Å². The van der Waals surface area contributed by atoms with Gasteiger partial charge in [-0.25, -0.2) is 0 Å². The van der Waals surface area contributed by atoms with Gasteiger partial charge in [-0.2, -0.15) is 0 Å². The first-order valence-corrected chi connectivity index (χ1v) is 11.1. The molecule has 168 valence electrons. The van der Waals surface area contributed by atoms with Gasteiger partial charge >= 0.3 is 0 Å². The van der Waals surface area contributed by atoms with Gasteiger partial charge in [-0.05, 0) is 56.2 Å². The summed E-state index contributed by atoms with van der Waals surface area (Å²) in [5.74, 6) is 0.345. The maximum Gasteiger partial charge on any atom is 0.248 e. The Morgan fingerprint density at radius 3 is 2.48 bits per heavy atom. The lowest BCUT2D eigenvalue weighted by Gasteiger charge is -2.13. The molecule has 0 bridgehead atoms. The zero-order valence-electron chi connectivity index (χ0n) is 18.8. The number of anilines is 1. The zero-order chi connectivity index (χ0) is 23.7. The number of ether oxygens (including phenoxy) is 1. The number of carbonyl (C=O) groups is 1. The van der Waals surface area contributed by atoms with Gasteiger partial charge in [-0.15, -0.1) is 0 Å². The molecule has 0 aliphatic heterocycles. The molecule has 4 rings (SSSR count). The smallest absolute Gasteiger partial charge is 0.248 e. The second kappa shape index (κ2) is 9.34. The predicted molar refractivity (Wildman–Crippen MR) is 136 cm³/mol. The fourth-order valence-electron chi connectivity index (χ4n) is 3.86. The molecule has 0 fully saturated rings. The van der Waals surface area contributed by atoms with Gasteiger partial charge in [0.2, 0.25) is 5.91 Å². The van der Waals surface area contributed by atoms with Gasteiger partial charge in [-0.1, -0.05) is 53.0 Å². The molecule has 1 N–H and O–H groups in total. The van der Waals surface area contributed by atoms with Crippen molar-refractivity contribution in [2.75, 3.05) is 12.4 Å². The Hall–Kier alpha value is -3.21. The largest absolute Gasteiger partial charge is 0.496 e. The van der Waals surface area contributed by atoms with Gasteiger partial charge in [0, 0.05) is 33.2 Å². The first kappa shape index (κ1) is 23.0. The molecule has 1 heterocycles. The highest BCUT2D eigenvalue weighted by molar-refractivity contribution is 6.35. The summed E-state index contributed by atoms with van der Waals surface area (Å²) in [6, 6.07) is 15.2. The van der Waals surface area contributed by atoms with Crippen molar-refractivity contribution in [3.8, 4) is 16.9 Å². The monoisotopic (exact) mass is 479 g/mol. The van der Waals surface area contributed by atoms with E-state index < -0.39 is 0 Å². The number of hydrogen-bond donors (Lipinski definition) is 1. The van der Waals surface area contributed by atoms with E-state index in [1.165, 1.54) is 11.6 Å². The SMILES string of the molecule is COc1c(/C(C)=C/C(=O)Nc2cc(Cl)ccc2Cl)cc2c(-c3ccc(C)cc3)coc2c1C. The Labute approximate surface area is 202 Å². The molecule has 1 aromatic heterocycles. The third-order valence-electron chi connectivity index (χ3n) is 5.57. The molecule has 0 atom stereocenters. The Bertz CT molecular complexity index is 1390. The van der Waals surface area contributed by atoms with Crippen molar-refractivity contribution in [1.82, 2.24) is 0 Å². The molecule has 0 saturated carbocycles. The van der Waals surface area contributed by atoms with E-state index in [1.54, 1.807) is 31.6 Å². The number of aryl methyl sites for hydroxylation is 2. The van der Waals surface area contributed by atoms with E-state index in [9.17, 15) is 4.79 Å². The standard InChI is InChI=1S/C27H23Cl2NO3/c1-15-5-7-18(8-6-15)22-14-33-27-17(3)26(32-4)20(13-21(22)27)16(2)11-25(31)30-24-12-19(28)9-10-23(24)29/h5-14H,1-4H3,(H,30,31)/b16-11+. The average Bonchev–Trinajstić information content (AvgIpc) is 3.21. The minimum atomic E-state index is -0.317. The van der Waals surface area contributed by atoms with Crippen LogP contribution in [0.15, 0.2) is 65.3 Å². The van der Waals surface area contributed by atoms with E-state index in [1.807, 2.05) is 19.9 Å². The predicted octanol–water partition coefficient (Wildman–Crippen LogP) is 8.07. The van der Waals surface area contributed by atoms with E-state index in [-0.39, 0.29) is 5.91 Å². The molecule has 0 unspecified atom stereocenters. The summed E-state index contributed by atoms with van der Waals surface area (Å²) in [5, 5.41) is 4.64. The molecular formula is C27H23Cl2NO3.